The third kappa shape index (κ3) is 11.4. The van der Waals surface area contributed by atoms with Crippen molar-refractivity contribution in [3.05, 3.63) is 72.8 Å². The molecule has 25 nitrogen and oxygen atoms in total. The first-order chi connectivity index (χ1) is 30.1. The fourth-order valence-corrected chi connectivity index (χ4v) is 37.0. The Bertz CT molecular complexity index is 2050. The van der Waals surface area contributed by atoms with Crippen molar-refractivity contribution in [2.45, 2.75) is 91.9 Å². The van der Waals surface area contributed by atoms with Crippen molar-refractivity contribution in [1.82, 2.24) is 0 Å². The molecule has 0 spiro atoms. The quantitative estimate of drug-likeness (QED) is 0.0592. The van der Waals surface area contributed by atoms with Crippen molar-refractivity contribution in [2.24, 2.45) is 0 Å². The van der Waals surface area contributed by atoms with Gasteiger partial charge in [-0.25, -0.2) is 0 Å². The van der Waals surface area contributed by atoms with Crippen LogP contribution in [0, 0.1) is 0 Å². The summed E-state index contributed by atoms with van der Waals surface area (Å²) in [6, 6.07) is 13.8. The van der Waals surface area contributed by atoms with Crippen molar-refractivity contribution in [3.8, 4) is 0 Å². The summed E-state index contributed by atoms with van der Waals surface area (Å²) in [4.78, 5) is 0. The predicted octanol–water partition coefficient (Wildman–Crippen LogP) is -8.53. The number of nitrogens with one attached hydrogen (secondary N) is 3. The van der Waals surface area contributed by atoms with E-state index in [0.717, 1.165) is 36.4 Å². The number of hydrogen-bond acceptors (Lipinski definition) is 23. The third-order valence-corrected chi connectivity index (χ3v) is 37.9. The van der Waals surface area contributed by atoms with Crippen molar-refractivity contribution >= 4 is 86.5 Å². The monoisotopic (exact) mass is 1240 g/mol. The van der Waals surface area contributed by atoms with Gasteiger partial charge in [-0.05, 0) is 0 Å². The molecule has 3 aliphatic rings. The van der Waals surface area contributed by atoms with Crippen LogP contribution in [0.3, 0.4) is 0 Å². The van der Waals surface area contributed by atoms with Crippen LogP contribution < -0.4 is 26.5 Å². The second-order valence-corrected chi connectivity index (χ2v) is 35.4. The number of aliphatic hydroxyl groups excluding tert-OH is 12. The zero-order chi connectivity index (χ0) is 46.9. The zero-order valence-corrected chi connectivity index (χ0v) is 40.7. The molecule has 64 heavy (non-hydrogen) atoms. The van der Waals surface area contributed by atoms with Crippen LogP contribution in [-0.4, -0.2) is 239 Å². The minimum absolute atomic E-state index is 0.102. The Labute approximate surface area is 378 Å². The molecule has 0 saturated carbocycles. The zero-order valence-electron chi connectivity index (χ0n) is 33.1. The van der Waals surface area contributed by atoms with E-state index in [9.17, 15) is 77.1 Å². The third-order valence-electron chi connectivity index (χ3n) is 10.6. The summed E-state index contributed by atoms with van der Waals surface area (Å²) in [5, 5.41) is 129. The molecule has 3 aromatic rings. The standard InChI is InChI=1S/3C12H16NO5.2H2O.5O.3Sb/c3*14-6-8-9(15)10(16)11(17)12(18-8)13-7-4-2-1-3-5-7;;;;;;;;;;/h3*2-5,8-17H,6H2;2*1H2;;;;;;;;/q;;;;;;;;;;;2*+1/p-2. The van der Waals surface area contributed by atoms with Gasteiger partial charge in [0.15, 0.2) is 0 Å². The van der Waals surface area contributed by atoms with E-state index >= 15 is 0 Å². The van der Waals surface area contributed by atoms with E-state index in [4.69, 9.17) is 16.8 Å². The Morgan fingerprint density at radius 1 is 0.406 bits per heavy atom. The molecule has 0 aliphatic carbocycles. The molecule has 3 aromatic carbocycles. The van der Waals surface area contributed by atoms with E-state index in [1.165, 1.54) is 36.4 Å². The maximum absolute atomic E-state index is 14.9. The van der Waals surface area contributed by atoms with Gasteiger partial charge in [0.05, 0.1) is 0 Å². The van der Waals surface area contributed by atoms with E-state index in [1.54, 1.807) is 0 Å². The second kappa shape index (κ2) is 21.2. The summed E-state index contributed by atoms with van der Waals surface area (Å²) >= 11 is -19.6. The van der Waals surface area contributed by atoms with E-state index in [1.807, 2.05) is 0 Å². The van der Waals surface area contributed by atoms with Gasteiger partial charge in [0.2, 0.25) is 0 Å². The van der Waals surface area contributed by atoms with Gasteiger partial charge in [0.25, 0.3) is 0 Å². The topological polar surface area (TPSA) is 417 Å². The first kappa shape index (κ1) is 51.5. The van der Waals surface area contributed by atoms with Gasteiger partial charge in [0.1, 0.15) is 0 Å². The van der Waals surface area contributed by atoms with Gasteiger partial charge in [0, 0.05) is 0 Å². The molecular weight excluding hydrogens is 1190 g/mol. The van der Waals surface area contributed by atoms with Gasteiger partial charge in [-0.3, -0.25) is 0 Å². The van der Waals surface area contributed by atoms with Crippen LogP contribution in [0.2, 0.25) is 0 Å². The van der Waals surface area contributed by atoms with Crippen LogP contribution in [0.5, 0.6) is 0 Å². The minimum atomic E-state index is -6.65. The summed E-state index contributed by atoms with van der Waals surface area (Å²) in [6.07, 6.45) is -22.9. The molecule has 17 unspecified atom stereocenters. The van der Waals surface area contributed by atoms with Crippen LogP contribution in [-0.2, 0) is 25.9 Å². The summed E-state index contributed by atoms with van der Waals surface area (Å²) in [5.74, 6) is 0. The van der Waals surface area contributed by atoms with Crippen molar-refractivity contribution in [3.63, 3.8) is 0 Å². The molecule has 3 fully saturated rings. The number of ether oxygens (including phenoxy) is 3. The molecule has 0 radical (unpaired) electrons. The second-order valence-electron chi connectivity index (χ2n) is 15.0. The molecule has 0 aromatic heterocycles. The molecule has 3 aliphatic heterocycles. The molecule has 3 heterocycles. The molecule has 17 N–H and O–H groups in total. The summed E-state index contributed by atoms with van der Waals surface area (Å²) < 4.78 is 91.7. The average Bonchev–Trinajstić information content (AvgIpc) is 3.27. The maximum atomic E-state index is 14.9. The normalized spacial score (nSPS) is 36.2. The Balaban J connectivity index is 1.25. The molecule has 3 saturated heterocycles. The molecule has 17 atom stereocenters. The van der Waals surface area contributed by atoms with Crippen molar-refractivity contribution in [2.75, 3.05) is 35.8 Å². The molecular formula is C36H50N3O22Sb3. The predicted molar refractivity (Wildman–Crippen MR) is 216 cm³/mol. The molecule has 0 bridgehead atoms. The summed E-state index contributed by atoms with van der Waals surface area (Å²) in [6.45, 7) is -2.11. The Morgan fingerprint density at radius 3 is 0.906 bits per heavy atom. The van der Waals surface area contributed by atoms with Gasteiger partial charge < -0.3 is 0 Å². The summed E-state index contributed by atoms with van der Waals surface area (Å²) in [5.41, 5.74) is 0.375. The van der Waals surface area contributed by atoms with Crippen LogP contribution >= 0.6 is 0 Å². The van der Waals surface area contributed by atoms with E-state index < -0.39 is 181 Å². The van der Waals surface area contributed by atoms with Crippen LogP contribution in [0.15, 0.2) is 72.8 Å². The number of benzene rings is 3. The first-order valence-electron chi connectivity index (χ1n) is 19.3. The fraction of sp³-hybridized carbons (Fsp3) is 0.500. The molecule has 6 rings (SSSR count). The first-order valence-corrected chi connectivity index (χ1v) is 32.7. The fourth-order valence-electron chi connectivity index (χ4n) is 6.88. The summed E-state index contributed by atoms with van der Waals surface area (Å²) in [7, 11) is 0. The molecule has 28 heteroatoms. The number of hydrogen-bond donors (Lipinski definition) is 17. The Hall–Kier alpha value is -1.85. The van der Waals surface area contributed by atoms with Crippen LogP contribution in [0.25, 0.3) is 0 Å². The SMILES string of the molecule is [O]=[Sb]([OH])([O][Sb](=[O])([O][Sb](=[O])([OH])[c]1ccc(NC2OC(CO)C(O)C(O)C2O)cc1)[c]1ccc(NC2OC(CO)C(O)C(O)C2O)cc1)[c]1ccc(NC2OC(CO)C(O)C(O)C2O)cc1. The van der Waals surface area contributed by atoms with Crippen molar-refractivity contribution < 1.29 is 93.9 Å². The van der Waals surface area contributed by atoms with E-state index in [2.05, 4.69) is 16.0 Å². The molecule has 0 amide bonds. The van der Waals surface area contributed by atoms with E-state index in [-0.39, 0.29) is 17.1 Å². The van der Waals surface area contributed by atoms with E-state index in [0.29, 0.717) is 0 Å². The average molecular weight is 1240 g/mol. The van der Waals surface area contributed by atoms with Crippen LogP contribution in [0.4, 0.5) is 17.1 Å². The van der Waals surface area contributed by atoms with Gasteiger partial charge >= 0.3 is 381 Å². The van der Waals surface area contributed by atoms with Gasteiger partial charge in [-0.1, -0.05) is 0 Å². The Morgan fingerprint density at radius 2 is 0.656 bits per heavy atom. The number of aliphatic hydroxyl groups is 12. The van der Waals surface area contributed by atoms with Gasteiger partial charge in [-0.2, -0.15) is 0 Å². The number of rotatable bonds is 16. The molecule has 356 valence electrons. The van der Waals surface area contributed by atoms with Crippen LogP contribution in [0.1, 0.15) is 0 Å². The van der Waals surface area contributed by atoms with Gasteiger partial charge in [-0.15, -0.1) is 0 Å². The number of anilines is 3. The Kier molecular flexibility index (Phi) is 17.1. The van der Waals surface area contributed by atoms with Crippen molar-refractivity contribution in [1.29, 1.82) is 0 Å².